The van der Waals surface area contributed by atoms with E-state index in [4.69, 9.17) is 19.9 Å². The second kappa shape index (κ2) is 10.9. The van der Waals surface area contributed by atoms with Crippen LogP contribution in [0.2, 0.25) is 0 Å². The van der Waals surface area contributed by atoms with E-state index in [1.54, 1.807) is 31.2 Å². The van der Waals surface area contributed by atoms with Crippen molar-refractivity contribution in [3.63, 3.8) is 0 Å². The molecule has 1 aliphatic carbocycles. The Bertz CT molecular complexity index is 1530. The van der Waals surface area contributed by atoms with Gasteiger partial charge in [0.1, 0.15) is 23.5 Å². The van der Waals surface area contributed by atoms with E-state index in [0.717, 1.165) is 30.3 Å². The quantitative estimate of drug-likeness (QED) is 0.212. The Morgan fingerprint density at radius 3 is 2.48 bits per heavy atom. The number of hydrogen-bond acceptors (Lipinski definition) is 9. The molecule has 0 unspecified atom stereocenters. The number of aromatic nitrogens is 6. The standard InChI is InChI=1S/C27H27F3N8O2/c1-4-38-13-19(27(28,29)30)36-25(38)17-7-5-15(6-8-17)11-32-23-18(22(31)39-2)12-33-24(37-23)20-21(16-9-10-16)34-14-35-26(20)40-3/h5-8,12-14,16,31H,4,9-11H2,1-3H3,(H,32,33,37). The zero-order valence-electron chi connectivity index (χ0n) is 22.1. The number of rotatable bonds is 9. The molecule has 0 atom stereocenters. The molecule has 0 bridgehead atoms. The summed E-state index contributed by atoms with van der Waals surface area (Å²) in [6.45, 7) is 2.43. The number of imidazole rings is 1. The van der Waals surface area contributed by atoms with Gasteiger partial charge in [-0.1, -0.05) is 24.3 Å². The first-order valence-electron chi connectivity index (χ1n) is 12.6. The Balaban J connectivity index is 1.42. The van der Waals surface area contributed by atoms with Crippen molar-refractivity contribution in [1.29, 1.82) is 5.41 Å². The van der Waals surface area contributed by atoms with Crippen molar-refractivity contribution in [2.75, 3.05) is 19.5 Å². The number of hydrogen-bond donors (Lipinski definition) is 2. The van der Waals surface area contributed by atoms with E-state index in [-0.39, 0.29) is 17.6 Å². The lowest BCUT2D eigenvalue weighted by molar-refractivity contribution is -0.140. The highest BCUT2D eigenvalue weighted by atomic mass is 19.4. The van der Waals surface area contributed by atoms with E-state index < -0.39 is 11.9 Å². The van der Waals surface area contributed by atoms with Crippen LogP contribution in [0, 0.1) is 5.41 Å². The first kappa shape index (κ1) is 27.0. The second-order valence-electron chi connectivity index (χ2n) is 9.19. The van der Waals surface area contributed by atoms with Crippen molar-refractivity contribution in [2.45, 2.75) is 44.9 Å². The van der Waals surface area contributed by atoms with Crippen LogP contribution in [0.15, 0.2) is 43.0 Å². The molecule has 4 aromatic rings. The number of benzene rings is 1. The van der Waals surface area contributed by atoms with Gasteiger partial charge in [-0.05, 0) is 25.3 Å². The molecule has 0 amide bonds. The van der Waals surface area contributed by atoms with E-state index >= 15 is 0 Å². The fourth-order valence-electron chi connectivity index (χ4n) is 4.31. The SMILES string of the molecule is CCn1cc(C(F)(F)F)nc1-c1ccc(CNc2nc(-c3c(OC)ncnc3C3CC3)ncc2C(=N)OC)cc1. The molecule has 0 saturated heterocycles. The molecule has 2 N–H and O–H groups in total. The number of nitrogens with one attached hydrogen (secondary N) is 2. The zero-order chi connectivity index (χ0) is 28.4. The van der Waals surface area contributed by atoms with Gasteiger partial charge in [-0.15, -0.1) is 0 Å². The molecule has 1 fully saturated rings. The summed E-state index contributed by atoms with van der Waals surface area (Å²) in [4.78, 5) is 21.7. The van der Waals surface area contributed by atoms with Crippen LogP contribution in [0.4, 0.5) is 19.0 Å². The van der Waals surface area contributed by atoms with Gasteiger partial charge in [-0.3, -0.25) is 5.41 Å². The number of halogens is 3. The molecule has 1 saturated carbocycles. The first-order chi connectivity index (χ1) is 19.2. The Morgan fingerprint density at radius 1 is 1.10 bits per heavy atom. The Morgan fingerprint density at radius 2 is 1.85 bits per heavy atom. The van der Waals surface area contributed by atoms with Gasteiger partial charge in [0.2, 0.25) is 11.8 Å². The molecule has 3 aromatic heterocycles. The lowest BCUT2D eigenvalue weighted by atomic mass is 10.1. The average Bonchev–Trinajstić information content (AvgIpc) is 3.72. The number of methoxy groups -OCH3 is 2. The molecule has 5 rings (SSSR count). The summed E-state index contributed by atoms with van der Waals surface area (Å²) >= 11 is 0. The fourth-order valence-corrected chi connectivity index (χ4v) is 4.31. The van der Waals surface area contributed by atoms with Gasteiger partial charge in [0.15, 0.2) is 11.5 Å². The second-order valence-corrected chi connectivity index (χ2v) is 9.19. The van der Waals surface area contributed by atoms with Gasteiger partial charge in [0.05, 0.1) is 25.5 Å². The van der Waals surface area contributed by atoms with Crippen molar-refractivity contribution >= 4 is 11.7 Å². The van der Waals surface area contributed by atoms with E-state index in [9.17, 15) is 13.2 Å². The fraction of sp³-hybridized carbons (Fsp3) is 0.333. The van der Waals surface area contributed by atoms with Gasteiger partial charge in [-0.2, -0.15) is 13.2 Å². The molecule has 13 heteroatoms. The summed E-state index contributed by atoms with van der Waals surface area (Å²) in [6, 6.07) is 7.05. The summed E-state index contributed by atoms with van der Waals surface area (Å²) < 4.78 is 51.6. The topological polar surface area (TPSA) is 124 Å². The van der Waals surface area contributed by atoms with Crippen molar-refractivity contribution in [2.24, 2.45) is 0 Å². The van der Waals surface area contributed by atoms with E-state index in [0.29, 0.717) is 47.3 Å². The van der Waals surface area contributed by atoms with Crippen LogP contribution in [0.5, 0.6) is 5.88 Å². The third kappa shape index (κ3) is 5.44. The summed E-state index contributed by atoms with van der Waals surface area (Å²) in [7, 11) is 2.92. The van der Waals surface area contributed by atoms with Gasteiger partial charge in [0, 0.05) is 37.0 Å². The predicted molar refractivity (Wildman–Crippen MR) is 141 cm³/mol. The molecule has 0 radical (unpaired) electrons. The summed E-state index contributed by atoms with van der Waals surface area (Å²) in [5.74, 6) is 1.51. The molecule has 40 heavy (non-hydrogen) atoms. The number of alkyl halides is 3. The smallest absolute Gasteiger partial charge is 0.434 e. The lowest BCUT2D eigenvalue weighted by Crippen LogP contribution is -2.12. The van der Waals surface area contributed by atoms with Crippen LogP contribution in [0.25, 0.3) is 22.8 Å². The minimum atomic E-state index is -4.52. The Hall–Kier alpha value is -4.55. The molecule has 1 aromatic carbocycles. The van der Waals surface area contributed by atoms with E-state index in [1.807, 2.05) is 0 Å². The van der Waals surface area contributed by atoms with Crippen LogP contribution in [-0.2, 0) is 24.0 Å². The van der Waals surface area contributed by atoms with Gasteiger partial charge >= 0.3 is 6.18 Å². The number of aryl methyl sites for hydroxylation is 1. The predicted octanol–water partition coefficient (Wildman–Crippen LogP) is 5.31. The number of ether oxygens (including phenoxy) is 2. The Kier molecular flexibility index (Phi) is 7.37. The van der Waals surface area contributed by atoms with Crippen LogP contribution in [0.1, 0.15) is 48.2 Å². The minimum absolute atomic E-state index is 0.116. The normalized spacial score (nSPS) is 13.2. The summed E-state index contributed by atoms with van der Waals surface area (Å²) in [5, 5.41) is 11.4. The molecule has 1 aliphatic rings. The monoisotopic (exact) mass is 552 g/mol. The van der Waals surface area contributed by atoms with Crippen molar-refractivity contribution in [3.8, 4) is 28.7 Å². The molecule has 3 heterocycles. The van der Waals surface area contributed by atoms with Crippen molar-refractivity contribution in [1.82, 2.24) is 29.5 Å². The Labute approximate surface area is 228 Å². The first-order valence-corrected chi connectivity index (χ1v) is 12.6. The van der Waals surface area contributed by atoms with Crippen molar-refractivity contribution in [3.05, 3.63) is 65.5 Å². The van der Waals surface area contributed by atoms with Crippen LogP contribution in [-0.4, -0.2) is 49.6 Å². The van der Waals surface area contributed by atoms with E-state index in [2.05, 4.69) is 25.3 Å². The molecule has 0 aliphatic heterocycles. The van der Waals surface area contributed by atoms with E-state index in [1.165, 1.54) is 31.3 Å². The van der Waals surface area contributed by atoms with Crippen LogP contribution in [0.3, 0.4) is 0 Å². The largest absolute Gasteiger partial charge is 0.481 e. The molecule has 0 spiro atoms. The maximum Gasteiger partial charge on any atom is 0.434 e. The number of nitrogens with zero attached hydrogens (tertiary/aromatic N) is 6. The average molecular weight is 553 g/mol. The maximum absolute atomic E-state index is 13.2. The number of anilines is 1. The van der Waals surface area contributed by atoms with Crippen LogP contribution < -0.4 is 10.1 Å². The van der Waals surface area contributed by atoms with Crippen LogP contribution >= 0.6 is 0 Å². The molecular weight excluding hydrogens is 525 g/mol. The van der Waals surface area contributed by atoms with Gasteiger partial charge < -0.3 is 19.4 Å². The van der Waals surface area contributed by atoms with Gasteiger partial charge in [0.25, 0.3) is 0 Å². The highest BCUT2D eigenvalue weighted by Gasteiger charge is 2.35. The molecule has 10 nitrogen and oxygen atoms in total. The van der Waals surface area contributed by atoms with Crippen molar-refractivity contribution < 1.29 is 22.6 Å². The summed E-state index contributed by atoms with van der Waals surface area (Å²) in [6.07, 6.45) is 1.49. The third-order valence-electron chi connectivity index (χ3n) is 6.54. The molecule has 208 valence electrons. The maximum atomic E-state index is 13.2. The third-order valence-corrected chi connectivity index (χ3v) is 6.54. The zero-order valence-corrected chi connectivity index (χ0v) is 22.1. The lowest BCUT2D eigenvalue weighted by Gasteiger charge is -2.15. The molecular formula is C27H27F3N8O2. The van der Waals surface area contributed by atoms with Gasteiger partial charge in [-0.25, -0.2) is 24.9 Å². The highest BCUT2D eigenvalue weighted by Crippen LogP contribution is 2.45. The highest BCUT2D eigenvalue weighted by molar-refractivity contribution is 5.96. The summed E-state index contributed by atoms with van der Waals surface area (Å²) in [5.41, 5.74) is 2.27. The minimum Gasteiger partial charge on any atom is -0.481 e.